The highest BCUT2D eigenvalue weighted by molar-refractivity contribution is 14.1. The summed E-state index contributed by atoms with van der Waals surface area (Å²) in [6.45, 7) is 5.18. The van der Waals surface area contributed by atoms with Crippen molar-refractivity contribution in [2.75, 3.05) is 6.54 Å². The van der Waals surface area contributed by atoms with Crippen molar-refractivity contribution in [3.05, 3.63) is 33.7 Å². The van der Waals surface area contributed by atoms with Gasteiger partial charge in [-0.15, -0.1) is 5.10 Å². The summed E-state index contributed by atoms with van der Waals surface area (Å²) in [4.78, 5) is 0. The third kappa shape index (κ3) is 2.86. The molecule has 1 atom stereocenters. The van der Waals surface area contributed by atoms with Gasteiger partial charge in [0, 0.05) is 3.57 Å². The van der Waals surface area contributed by atoms with Gasteiger partial charge < -0.3 is 5.32 Å². The number of hydrogen-bond acceptors (Lipinski definition) is 4. The van der Waals surface area contributed by atoms with Crippen LogP contribution < -0.4 is 5.32 Å². The average molecular weight is 357 g/mol. The molecular formula is C12H16IN5. The maximum atomic E-state index is 4.12. The normalized spacial score (nSPS) is 12.6. The van der Waals surface area contributed by atoms with Gasteiger partial charge in [-0.2, -0.15) is 4.68 Å². The molecule has 2 aromatic rings. The molecule has 0 saturated carbocycles. The van der Waals surface area contributed by atoms with Crippen LogP contribution >= 0.6 is 22.6 Å². The lowest BCUT2D eigenvalue weighted by atomic mass is 10.2. The molecule has 0 radical (unpaired) electrons. The van der Waals surface area contributed by atoms with Crippen LogP contribution in [-0.2, 0) is 0 Å². The van der Waals surface area contributed by atoms with E-state index in [9.17, 15) is 0 Å². The predicted molar refractivity (Wildman–Crippen MR) is 78.6 cm³/mol. The SMILES string of the molecule is CCCNC(C)c1nnnn1-c1ccccc1I. The summed E-state index contributed by atoms with van der Waals surface area (Å²) < 4.78 is 2.93. The fourth-order valence-corrected chi connectivity index (χ4v) is 2.33. The van der Waals surface area contributed by atoms with Crippen LogP contribution in [0.25, 0.3) is 5.69 Å². The van der Waals surface area contributed by atoms with Gasteiger partial charge in [0.15, 0.2) is 5.82 Å². The minimum absolute atomic E-state index is 0.135. The van der Waals surface area contributed by atoms with Crippen molar-refractivity contribution in [1.82, 2.24) is 25.5 Å². The fourth-order valence-electron chi connectivity index (χ4n) is 1.71. The maximum Gasteiger partial charge on any atom is 0.173 e. The van der Waals surface area contributed by atoms with E-state index >= 15 is 0 Å². The molecule has 5 nitrogen and oxygen atoms in total. The predicted octanol–water partition coefficient (Wildman–Crippen LogP) is 2.33. The number of benzene rings is 1. The second-order valence-electron chi connectivity index (χ2n) is 4.08. The number of para-hydroxylation sites is 1. The Morgan fingerprint density at radius 1 is 1.39 bits per heavy atom. The monoisotopic (exact) mass is 357 g/mol. The zero-order chi connectivity index (χ0) is 13.0. The summed E-state index contributed by atoms with van der Waals surface area (Å²) in [5, 5.41) is 15.4. The van der Waals surface area contributed by atoms with Crippen molar-refractivity contribution in [2.45, 2.75) is 26.3 Å². The first-order valence-corrected chi connectivity index (χ1v) is 7.08. The van der Waals surface area contributed by atoms with E-state index < -0.39 is 0 Å². The standard InChI is InChI=1S/C12H16IN5/c1-3-8-14-9(2)12-15-16-17-18(12)11-7-5-4-6-10(11)13/h4-7,9,14H,3,8H2,1-2H3. The first-order chi connectivity index (χ1) is 8.74. The second kappa shape index (κ2) is 6.24. The molecule has 2 rings (SSSR count). The first-order valence-electron chi connectivity index (χ1n) is 6.00. The summed E-state index contributed by atoms with van der Waals surface area (Å²) >= 11 is 2.29. The molecule has 0 fully saturated rings. The van der Waals surface area contributed by atoms with E-state index in [4.69, 9.17) is 0 Å². The van der Waals surface area contributed by atoms with Crippen molar-refractivity contribution in [3.63, 3.8) is 0 Å². The number of nitrogens with one attached hydrogen (secondary N) is 1. The largest absolute Gasteiger partial charge is 0.307 e. The van der Waals surface area contributed by atoms with Crippen LogP contribution in [0, 0.1) is 3.57 Å². The van der Waals surface area contributed by atoms with Crippen LogP contribution in [0.4, 0.5) is 0 Å². The Morgan fingerprint density at radius 3 is 2.89 bits per heavy atom. The van der Waals surface area contributed by atoms with Crippen LogP contribution in [0.3, 0.4) is 0 Å². The third-order valence-electron chi connectivity index (χ3n) is 2.66. The lowest BCUT2D eigenvalue weighted by Gasteiger charge is -2.13. The molecule has 6 heteroatoms. The van der Waals surface area contributed by atoms with Gasteiger partial charge in [-0.25, -0.2) is 0 Å². The molecule has 0 saturated heterocycles. The van der Waals surface area contributed by atoms with Gasteiger partial charge in [-0.3, -0.25) is 0 Å². The lowest BCUT2D eigenvalue weighted by molar-refractivity contribution is 0.531. The highest BCUT2D eigenvalue weighted by atomic mass is 127. The molecule has 18 heavy (non-hydrogen) atoms. The molecule has 0 amide bonds. The van der Waals surface area contributed by atoms with E-state index in [1.165, 1.54) is 0 Å². The number of halogens is 1. The van der Waals surface area contributed by atoms with Crippen molar-refractivity contribution in [2.24, 2.45) is 0 Å². The topological polar surface area (TPSA) is 55.6 Å². The summed E-state index contributed by atoms with van der Waals surface area (Å²) in [5.41, 5.74) is 1.02. The van der Waals surface area contributed by atoms with Crippen molar-refractivity contribution >= 4 is 22.6 Å². The van der Waals surface area contributed by atoms with Crippen LogP contribution in [0.15, 0.2) is 24.3 Å². The second-order valence-corrected chi connectivity index (χ2v) is 5.24. The van der Waals surface area contributed by atoms with Gasteiger partial charge in [0.2, 0.25) is 0 Å². The molecule has 0 aliphatic rings. The van der Waals surface area contributed by atoms with E-state index in [0.717, 1.165) is 28.0 Å². The average Bonchev–Trinajstić information content (AvgIpc) is 2.85. The molecule has 1 N–H and O–H groups in total. The lowest BCUT2D eigenvalue weighted by Crippen LogP contribution is -2.23. The van der Waals surface area contributed by atoms with Gasteiger partial charge in [0.1, 0.15) is 0 Å². The molecular weight excluding hydrogens is 341 g/mol. The molecule has 0 spiro atoms. The van der Waals surface area contributed by atoms with Crippen LogP contribution in [0.1, 0.15) is 32.1 Å². The number of rotatable bonds is 5. The van der Waals surface area contributed by atoms with Gasteiger partial charge >= 0.3 is 0 Å². The van der Waals surface area contributed by atoms with E-state index in [0.29, 0.717) is 0 Å². The molecule has 1 aromatic carbocycles. The highest BCUT2D eigenvalue weighted by Gasteiger charge is 2.16. The van der Waals surface area contributed by atoms with Crippen LogP contribution in [0.2, 0.25) is 0 Å². The zero-order valence-electron chi connectivity index (χ0n) is 10.5. The smallest absolute Gasteiger partial charge is 0.173 e. The van der Waals surface area contributed by atoms with Crippen LogP contribution in [-0.4, -0.2) is 26.8 Å². The number of hydrogen-bond donors (Lipinski definition) is 1. The van der Waals surface area contributed by atoms with Crippen molar-refractivity contribution in [3.8, 4) is 5.69 Å². The highest BCUT2D eigenvalue weighted by Crippen LogP contribution is 2.19. The Balaban J connectivity index is 2.30. The van der Waals surface area contributed by atoms with E-state index in [2.05, 4.69) is 57.3 Å². The van der Waals surface area contributed by atoms with E-state index in [1.54, 1.807) is 4.68 Å². The maximum absolute atomic E-state index is 4.12. The van der Waals surface area contributed by atoms with Crippen molar-refractivity contribution in [1.29, 1.82) is 0 Å². The number of nitrogens with zero attached hydrogens (tertiary/aromatic N) is 4. The fraction of sp³-hybridized carbons (Fsp3) is 0.417. The van der Waals surface area contributed by atoms with Gasteiger partial charge in [-0.1, -0.05) is 19.1 Å². The summed E-state index contributed by atoms with van der Waals surface area (Å²) in [6.07, 6.45) is 1.09. The van der Waals surface area contributed by atoms with Crippen LogP contribution in [0.5, 0.6) is 0 Å². The van der Waals surface area contributed by atoms with Gasteiger partial charge in [0.25, 0.3) is 0 Å². The molecule has 96 valence electrons. The molecule has 0 aliphatic carbocycles. The Bertz CT molecular complexity index is 511. The van der Waals surface area contributed by atoms with Gasteiger partial charge in [-0.05, 0) is 65.0 Å². The van der Waals surface area contributed by atoms with E-state index in [-0.39, 0.29) is 6.04 Å². The summed E-state index contributed by atoms with van der Waals surface area (Å²) in [6, 6.07) is 8.21. The third-order valence-corrected chi connectivity index (χ3v) is 3.57. The minimum Gasteiger partial charge on any atom is -0.307 e. The molecule has 1 unspecified atom stereocenters. The molecule has 0 aliphatic heterocycles. The van der Waals surface area contributed by atoms with E-state index in [1.807, 2.05) is 24.3 Å². The van der Waals surface area contributed by atoms with Crippen molar-refractivity contribution < 1.29 is 0 Å². The Kier molecular flexibility index (Phi) is 4.65. The summed E-state index contributed by atoms with van der Waals surface area (Å²) in [5.74, 6) is 0.840. The first kappa shape index (κ1) is 13.4. The van der Waals surface area contributed by atoms with Gasteiger partial charge in [0.05, 0.1) is 11.7 Å². The summed E-state index contributed by atoms with van der Waals surface area (Å²) in [7, 11) is 0. The minimum atomic E-state index is 0.135. The molecule has 1 aromatic heterocycles. The molecule has 1 heterocycles. The quantitative estimate of drug-likeness (QED) is 0.835. The Morgan fingerprint density at radius 2 is 2.17 bits per heavy atom. The zero-order valence-corrected chi connectivity index (χ0v) is 12.6. The Hall–Kier alpha value is -1.02. The molecule has 0 bridgehead atoms. The Labute approximate surface area is 120 Å². The number of tetrazole rings is 1. The number of aromatic nitrogens is 4.